The third-order valence-corrected chi connectivity index (χ3v) is 5.65. The van der Waals surface area contributed by atoms with E-state index in [0.29, 0.717) is 19.3 Å². The monoisotopic (exact) mass is 381 g/mol. The average Bonchev–Trinajstić information content (AvgIpc) is 2.68. The van der Waals surface area contributed by atoms with E-state index in [4.69, 9.17) is 9.47 Å². The van der Waals surface area contributed by atoms with Crippen LogP contribution >= 0.6 is 0 Å². The van der Waals surface area contributed by atoms with E-state index in [0.717, 1.165) is 18.0 Å². The van der Waals surface area contributed by atoms with Gasteiger partial charge in [-0.15, -0.1) is 0 Å². The molecule has 0 heterocycles. The Morgan fingerprint density at radius 1 is 0.893 bits per heavy atom. The second kappa shape index (κ2) is 11.1. The van der Waals surface area contributed by atoms with Gasteiger partial charge < -0.3 is 14.8 Å². The summed E-state index contributed by atoms with van der Waals surface area (Å²) >= 11 is 0. The highest BCUT2D eigenvalue weighted by Crippen LogP contribution is 2.30. The second-order valence-corrected chi connectivity index (χ2v) is 7.85. The molecule has 0 saturated heterocycles. The highest BCUT2D eigenvalue weighted by Gasteiger charge is 2.12. The number of ether oxygens (including phenoxy) is 2. The van der Waals surface area contributed by atoms with Crippen molar-refractivity contribution in [2.45, 2.75) is 78.0 Å². The molecule has 2 aromatic carbocycles. The van der Waals surface area contributed by atoms with Crippen LogP contribution in [0.1, 0.15) is 68.6 Å². The number of rotatable bonds is 8. The van der Waals surface area contributed by atoms with Crippen LogP contribution in [0.5, 0.6) is 11.5 Å². The fraction of sp³-hybridized carbons (Fsp3) is 0.520. The predicted octanol–water partition coefficient (Wildman–Crippen LogP) is 6.18. The number of hydrogen-bond acceptors (Lipinski definition) is 3. The van der Waals surface area contributed by atoms with Crippen LogP contribution < -0.4 is 14.8 Å². The Bertz CT molecular complexity index is 720. The van der Waals surface area contributed by atoms with Crippen LogP contribution in [0.25, 0.3) is 0 Å². The van der Waals surface area contributed by atoms with Crippen LogP contribution in [0, 0.1) is 6.92 Å². The molecule has 0 amide bonds. The highest BCUT2D eigenvalue weighted by atomic mass is 16.5. The molecule has 0 unspecified atom stereocenters. The zero-order valence-electron chi connectivity index (χ0n) is 17.5. The summed E-state index contributed by atoms with van der Waals surface area (Å²) in [6.07, 6.45) is 9.50. The summed E-state index contributed by atoms with van der Waals surface area (Å²) in [5, 5.41) is 3.76. The third kappa shape index (κ3) is 6.27. The zero-order valence-corrected chi connectivity index (χ0v) is 17.5. The minimum Gasteiger partial charge on any atom is -0.490 e. The Kier molecular flexibility index (Phi) is 8.23. The topological polar surface area (TPSA) is 30.5 Å². The van der Waals surface area contributed by atoms with Crippen molar-refractivity contribution in [2.24, 2.45) is 0 Å². The van der Waals surface area contributed by atoms with E-state index in [9.17, 15) is 0 Å². The number of benzene rings is 2. The SMILES string of the molecule is CCOc1cc(CNC2CCCCCCC2)ccc1OCc1ccccc1C. The third-order valence-electron chi connectivity index (χ3n) is 5.65. The maximum Gasteiger partial charge on any atom is 0.161 e. The molecule has 1 saturated carbocycles. The first kappa shape index (κ1) is 20.7. The quantitative estimate of drug-likeness (QED) is 0.592. The molecule has 152 valence electrons. The van der Waals surface area contributed by atoms with Crippen molar-refractivity contribution in [1.82, 2.24) is 5.32 Å². The van der Waals surface area contributed by atoms with Gasteiger partial charge in [0.05, 0.1) is 6.61 Å². The smallest absolute Gasteiger partial charge is 0.161 e. The first-order valence-corrected chi connectivity index (χ1v) is 10.9. The van der Waals surface area contributed by atoms with Crippen LogP contribution in [0.4, 0.5) is 0 Å². The molecule has 3 heteroatoms. The van der Waals surface area contributed by atoms with Gasteiger partial charge in [0.25, 0.3) is 0 Å². The summed E-state index contributed by atoms with van der Waals surface area (Å²) in [6.45, 7) is 6.23. The van der Waals surface area contributed by atoms with Crippen LogP contribution in [-0.2, 0) is 13.2 Å². The predicted molar refractivity (Wildman–Crippen MR) is 116 cm³/mol. The Balaban J connectivity index is 1.60. The van der Waals surface area contributed by atoms with Gasteiger partial charge in [-0.2, -0.15) is 0 Å². The van der Waals surface area contributed by atoms with Gasteiger partial charge in [0, 0.05) is 12.6 Å². The lowest BCUT2D eigenvalue weighted by Crippen LogP contribution is -2.29. The first-order chi connectivity index (χ1) is 13.8. The van der Waals surface area contributed by atoms with Gasteiger partial charge in [0.15, 0.2) is 11.5 Å². The van der Waals surface area contributed by atoms with Gasteiger partial charge in [-0.25, -0.2) is 0 Å². The molecule has 1 aliphatic rings. The van der Waals surface area contributed by atoms with E-state index in [1.54, 1.807) is 0 Å². The first-order valence-electron chi connectivity index (χ1n) is 10.9. The van der Waals surface area contributed by atoms with E-state index in [1.165, 1.54) is 61.6 Å². The Labute approximate surface area is 170 Å². The van der Waals surface area contributed by atoms with Gasteiger partial charge in [-0.3, -0.25) is 0 Å². The molecule has 3 nitrogen and oxygen atoms in total. The normalized spacial score (nSPS) is 15.6. The van der Waals surface area contributed by atoms with Gasteiger partial charge in [0.1, 0.15) is 6.61 Å². The summed E-state index contributed by atoms with van der Waals surface area (Å²) in [5.41, 5.74) is 3.72. The molecule has 28 heavy (non-hydrogen) atoms. The summed E-state index contributed by atoms with van der Waals surface area (Å²) in [6, 6.07) is 15.3. The van der Waals surface area contributed by atoms with Crippen LogP contribution in [-0.4, -0.2) is 12.6 Å². The van der Waals surface area contributed by atoms with Gasteiger partial charge in [0.2, 0.25) is 0 Å². The van der Waals surface area contributed by atoms with Crippen molar-refractivity contribution >= 4 is 0 Å². The number of hydrogen-bond donors (Lipinski definition) is 1. The van der Waals surface area contributed by atoms with Gasteiger partial charge in [-0.05, 0) is 55.5 Å². The summed E-state index contributed by atoms with van der Waals surface area (Å²) in [7, 11) is 0. The van der Waals surface area contributed by atoms with E-state index < -0.39 is 0 Å². The number of nitrogens with one attached hydrogen (secondary N) is 1. The van der Waals surface area contributed by atoms with Crippen molar-refractivity contribution in [2.75, 3.05) is 6.61 Å². The van der Waals surface area contributed by atoms with Crippen molar-refractivity contribution in [3.8, 4) is 11.5 Å². The van der Waals surface area contributed by atoms with Gasteiger partial charge >= 0.3 is 0 Å². The largest absolute Gasteiger partial charge is 0.490 e. The van der Waals surface area contributed by atoms with E-state index >= 15 is 0 Å². The molecular weight excluding hydrogens is 346 g/mol. The molecule has 1 N–H and O–H groups in total. The standard InChI is InChI=1S/C25H35NO2/c1-3-27-25-17-21(18-26-23-13-7-5-4-6-8-14-23)15-16-24(25)28-19-22-12-10-9-11-20(22)2/h9-12,15-17,23,26H,3-8,13-14,18-19H2,1-2H3. The molecule has 0 aliphatic heterocycles. The van der Waals surface area contributed by atoms with Crippen LogP contribution in [0.15, 0.2) is 42.5 Å². The van der Waals surface area contributed by atoms with Crippen molar-refractivity contribution in [3.05, 3.63) is 59.2 Å². The van der Waals surface area contributed by atoms with Crippen molar-refractivity contribution in [1.29, 1.82) is 0 Å². The van der Waals surface area contributed by atoms with Crippen LogP contribution in [0.2, 0.25) is 0 Å². The molecule has 0 spiro atoms. The van der Waals surface area contributed by atoms with E-state index in [-0.39, 0.29) is 0 Å². The molecule has 2 aromatic rings. The lowest BCUT2D eigenvalue weighted by Gasteiger charge is -2.21. The molecule has 3 rings (SSSR count). The highest BCUT2D eigenvalue weighted by molar-refractivity contribution is 5.43. The molecule has 1 aliphatic carbocycles. The maximum absolute atomic E-state index is 6.09. The maximum atomic E-state index is 6.09. The lowest BCUT2D eigenvalue weighted by molar-refractivity contribution is 0.268. The molecule has 0 bridgehead atoms. The molecular formula is C25H35NO2. The summed E-state index contributed by atoms with van der Waals surface area (Å²) in [5.74, 6) is 1.66. The minimum absolute atomic E-state index is 0.562. The fourth-order valence-electron chi connectivity index (χ4n) is 3.90. The minimum atomic E-state index is 0.562. The molecule has 1 fully saturated rings. The Morgan fingerprint density at radius 3 is 2.39 bits per heavy atom. The second-order valence-electron chi connectivity index (χ2n) is 7.85. The average molecular weight is 382 g/mol. The molecule has 0 aromatic heterocycles. The van der Waals surface area contributed by atoms with Gasteiger partial charge in [-0.1, -0.05) is 62.4 Å². The van der Waals surface area contributed by atoms with Crippen molar-refractivity contribution in [3.63, 3.8) is 0 Å². The molecule has 0 radical (unpaired) electrons. The van der Waals surface area contributed by atoms with Crippen molar-refractivity contribution < 1.29 is 9.47 Å². The number of aryl methyl sites for hydroxylation is 1. The summed E-state index contributed by atoms with van der Waals surface area (Å²) < 4.78 is 12.0. The van der Waals surface area contributed by atoms with E-state index in [1.807, 2.05) is 6.92 Å². The molecule has 0 atom stereocenters. The zero-order chi connectivity index (χ0) is 19.6. The Hall–Kier alpha value is -2.00. The lowest BCUT2D eigenvalue weighted by atomic mass is 9.96. The fourth-order valence-corrected chi connectivity index (χ4v) is 3.90. The van der Waals surface area contributed by atoms with Crippen LogP contribution in [0.3, 0.4) is 0 Å². The Morgan fingerprint density at radius 2 is 1.64 bits per heavy atom. The van der Waals surface area contributed by atoms with E-state index in [2.05, 4.69) is 54.7 Å². The summed E-state index contributed by atoms with van der Waals surface area (Å²) in [4.78, 5) is 0.